The summed E-state index contributed by atoms with van der Waals surface area (Å²) in [5, 5.41) is 15.3. The number of carboxylic acids is 1. The van der Waals surface area contributed by atoms with Gasteiger partial charge < -0.3 is 30.4 Å². The molecule has 0 aromatic heterocycles. The summed E-state index contributed by atoms with van der Waals surface area (Å²) in [7, 11) is 4.00. The number of likely N-dealkylation sites (tertiary alicyclic amines) is 1. The number of fused-ring (bicyclic) bond motifs is 1. The predicted octanol–water partition coefficient (Wildman–Crippen LogP) is 0.155. The standard InChI is InChI=1S/C23H33F2N5O5S/c1-10-16-15(11(2)27-20(31)19(24)25)22(33)30(16)17(23(34)35)18(10)36-13-7-14(26-8-13)21(32)29-6-5-12(9-29)28(3)4/h10-16,19,26H,5-9H2,1-4H3,(H,27,31)(H,34,35)/t10-,11?,12+,13+,14+,15-,16-/m1/s1. The van der Waals surface area contributed by atoms with E-state index in [4.69, 9.17) is 0 Å². The van der Waals surface area contributed by atoms with Gasteiger partial charge in [0.1, 0.15) is 5.70 Å². The number of likely N-dealkylation sites (N-methyl/N-ethyl adjacent to an activating group) is 1. The van der Waals surface area contributed by atoms with Gasteiger partial charge in [0.25, 0.3) is 5.91 Å². The van der Waals surface area contributed by atoms with Gasteiger partial charge in [-0.25, -0.2) is 4.79 Å². The number of rotatable bonds is 8. The van der Waals surface area contributed by atoms with Crippen molar-refractivity contribution in [1.29, 1.82) is 0 Å². The molecule has 0 saturated carbocycles. The Hall–Kier alpha value is -2.25. The van der Waals surface area contributed by atoms with Gasteiger partial charge in [-0.05, 0) is 33.9 Å². The molecule has 7 atom stereocenters. The molecule has 4 heterocycles. The van der Waals surface area contributed by atoms with Crippen LogP contribution in [0.25, 0.3) is 0 Å². The number of hydrogen-bond acceptors (Lipinski definition) is 7. The van der Waals surface area contributed by atoms with Crippen LogP contribution in [0.3, 0.4) is 0 Å². The number of alkyl halides is 2. The van der Waals surface area contributed by atoms with Gasteiger partial charge in [0.15, 0.2) is 0 Å². The minimum atomic E-state index is -3.20. The Kier molecular flexibility index (Phi) is 7.63. The molecule has 0 aromatic carbocycles. The zero-order chi connectivity index (χ0) is 26.5. The molecular formula is C23H33F2N5O5S. The first-order valence-electron chi connectivity index (χ1n) is 12.2. The van der Waals surface area contributed by atoms with E-state index in [0.29, 0.717) is 37.0 Å². The van der Waals surface area contributed by atoms with Crippen molar-refractivity contribution in [1.82, 2.24) is 25.3 Å². The number of carbonyl (C=O) groups is 4. The Morgan fingerprint density at radius 2 is 1.97 bits per heavy atom. The van der Waals surface area contributed by atoms with E-state index >= 15 is 0 Å². The topological polar surface area (TPSA) is 122 Å². The van der Waals surface area contributed by atoms with E-state index in [1.807, 2.05) is 25.9 Å². The van der Waals surface area contributed by atoms with Crippen LogP contribution in [0, 0.1) is 11.8 Å². The van der Waals surface area contributed by atoms with Crippen LogP contribution in [0.1, 0.15) is 26.7 Å². The highest BCUT2D eigenvalue weighted by atomic mass is 32.2. The number of nitrogens with one attached hydrogen (secondary N) is 2. The molecule has 0 spiro atoms. The molecule has 3 saturated heterocycles. The average Bonchev–Trinajstić information content (AvgIpc) is 3.52. The average molecular weight is 530 g/mol. The van der Waals surface area contributed by atoms with Crippen molar-refractivity contribution >= 4 is 35.5 Å². The van der Waals surface area contributed by atoms with Gasteiger partial charge in [0.2, 0.25) is 11.8 Å². The van der Waals surface area contributed by atoms with Crippen molar-refractivity contribution in [3.63, 3.8) is 0 Å². The van der Waals surface area contributed by atoms with Gasteiger partial charge >= 0.3 is 12.4 Å². The first kappa shape index (κ1) is 26.8. The van der Waals surface area contributed by atoms with Gasteiger partial charge in [-0.1, -0.05) is 6.92 Å². The van der Waals surface area contributed by atoms with Crippen molar-refractivity contribution < 1.29 is 33.1 Å². The number of hydrogen-bond donors (Lipinski definition) is 3. The SMILES string of the molecule is CC(NC(=O)C(F)F)[C@H]1C(=O)N2C(C(=O)O)=C(S[C@@H]3CN[C@H](C(=O)N4CC[C@H](N(C)C)C4)C3)[C@H](C)[C@H]12. The van der Waals surface area contributed by atoms with Crippen molar-refractivity contribution in [2.75, 3.05) is 33.7 Å². The van der Waals surface area contributed by atoms with Crippen molar-refractivity contribution in [2.24, 2.45) is 11.8 Å². The Morgan fingerprint density at radius 3 is 2.56 bits per heavy atom. The summed E-state index contributed by atoms with van der Waals surface area (Å²) in [5.41, 5.74) is -0.0886. The fourth-order valence-corrected chi connectivity index (χ4v) is 7.30. The number of nitrogens with zero attached hydrogens (tertiary/aromatic N) is 3. The number of halogens is 2. The molecule has 3 N–H and O–H groups in total. The van der Waals surface area contributed by atoms with E-state index < -0.39 is 42.2 Å². The van der Waals surface area contributed by atoms with Crippen LogP contribution in [0.15, 0.2) is 10.6 Å². The molecule has 200 valence electrons. The number of β-lactam (4-membered cyclic amide) rings is 1. The van der Waals surface area contributed by atoms with Crippen LogP contribution in [-0.2, 0) is 19.2 Å². The molecule has 4 rings (SSSR count). The summed E-state index contributed by atoms with van der Waals surface area (Å²) >= 11 is 1.37. The third-order valence-corrected chi connectivity index (χ3v) is 9.30. The molecule has 1 unspecified atom stereocenters. The fraction of sp³-hybridized carbons (Fsp3) is 0.739. The molecule has 0 aliphatic carbocycles. The van der Waals surface area contributed by atoms with E-state index in [1.54, 1.807) is 0 Å². The highest BCUT2D eigenvalue weighted by Crippen LogP contribution is 2.51. The lowest BCUT2D eigenvalue weighted by Gasteiger charge is -2.47. The molecule has 3 fully saturated rings. The maximum Gasteiger partial charge on any atom is 0.353 e. The predicted molar refractivity (Wildman–Crippen MR) is 128 cm³/mol. The van der Waals surface area contributed by atoms with E-state index in [0.717, 1.165) is 6.42 Å². The molecule has 4 aliphatic rings. The van der Waals surface area contributed by atoms with E-state index in [2.05, 4.69) is 15.5 Å². The van der Waals surface area contributed by atoms with E-state index in [-0.39, 0.29) is 28.8 Å². The summed E-state index contributed by atoms with van der Waals surface area (Å²) in [6.45, 7) is 5.22. The van der Waals surface area contributed by atoms with E-state index in [9.17, 15) is 33.1 Å². The van der Waals surface area contributed by atoms with Gasteiger partial charge in [-0.15, -0.1) is 11.8 Å². The number of carbonyl (C=O) groups excluding carboxylic acids is 3. The molecule has 4 aliphatic heterocycles. The van der Waals surface area contributed by atoms with Crippen LogP contribution in [0.2, 0.25) is 0 Å². The zero-order valence-corrected chi connectivity index (χ0v) is 21.6. The lowest BCUT2D eigenvalue weighted by Crippen LogP contribution is -2.66. The molecule has 13 heteroatoms. The molecule has 0 aromatic rings. The smallest absolute Gasteiger partial charge is 0.353 e. The third-order valence-electron chi connectivity index (χ3n) is 7.79. The van der Waals surface area contributed by atoms with Crippen molar-refractivity contribution in [3.8, 4) is 0 Å². The molecule has 3 amide bonds. The highest BCUT2D eigenvalue weighted by Gasteiger charge is 2.60. The van der Waals surface area contributed by atoms with Crippen LogP contribution in [0.4, 0.5) is 8.78 Å². The Bertz CT molecular complexity index is 979. The Balaban J connectivity index is 1.42. The second-order valence-electron chi connectivity index (χ2n) is 10.3. The van der Waals surface area contributed by atoms with Crippen LogP contribution in [0.5, 0.6) is 0 Å². The van der Waals surface area contributed by atoms with E-state index in [1.165, 1.54) is 23.6 Å². The summed E-state index contributed by atoms with van der Waals surface area (Å²) in [4.78, 5) is 55.2. The maximum absolute atomic E-state index is 13.0. The van der Waals surface area contributed by atoms with Crippen LogP contribution < -0.4 is 10.6 Å². The number of aliphatic carboxylic acids is 1. The quantitative estimate of drug-likeness (QED) is 0.380. The lowest BCUT2D eigenvalue weighted by atomic mass is 9.78. The highest BCUT2D eigenvalue weighted by molar-refractivity contribution is 8.03. The number of thioether (sulfide) groups is 1. The fourth-order valence-electron chi connectivity index (χ4n) is 5.82. The molecule has 36 heavy (non-hydrogen) atoms. The summed E-state index contributed by atoms with van der Waals surface area (Å²) < 4.78 is 25.4. The van der Waals surface area contributed by atoms with Gasteiger partial charge in [-0.2, -0.15) is 8.78 Å². The number of carboxylic acid groups (broad SMARTS) is 1. The Labute approximate surface area is 212 Å². The maximum atomic E-state index is 13.0. The largest absolute Gasteiger partial charge is 0.477 e. The Morgan fingerprint density at radius 1 is 1.28 bits per heavy atom. The summed E-state index contributed by atoms with van der Waals surface area (Å²) in [5.74, 6) is -4.26. The van der Waals surface area contributed by atoms with Crippen LogP contribution >= 0.6 is 11.8 Å². The minimum absolute atomic E-state index is 0.0528. The van der Waals surface area contributed by atoms with Gasteiger partial charge in [0.05, 0.1) is 18.0 Å². The van der Waals surface area contributed by atoms with Crippen LogP contribution in [-0.4, -0.2) is 113 Å². The second kappa shape index (κ2) is 10.3. The molecule has 0 bridgehead atoms. The molecular weight excluding hydrogens is 496 g/mol. The lowest BCUT2D eigenvalue weighted by molar-refractivity contribution is -0.159. The third kappa shape index (κ3) is 4.72. The first-order chi connectivity index (χ1) is 16.9. The first-order valence-corrected chi connectivity index (χ1v) is 13.0. The van der Waals surface area contributed by atoms with Crippen molar-refractivity contribution in [2.45, 2.75) is 62.5 Å². The minimum Gasteiger partial charge on any atom is -0.477 e. The van der Waals surface area contributed by atoms with Gasteiger partial charge in [-0.3, -0.25) is 14.4 Å². The molecule has 10 nitrogen and oxygen atoms in total. The monoisotopic (exact) mass is 529 g/mol. The zero-order valence-electron chi connectivity index (χ0n) is 20.7. The second-order valence-corrected chi connectivity index (χ2v) is 11.6. The molecule has 0 radical (unpaired) electrons. The number of amides is 3. The summed E-state index contributed by atoms with van der Waals surface area (Å²) in [6, 6.07) is -1.39. The van der Waals surface area contributed by atoms with Crippen molar-refractivity contribution in [3.05, 3.63) is 10.6 Å². The normalized spacial score (nSPS) is 32.8. The van der Waals surface area contributed by atoms with Gasteiger partial charge in [0, 0.05) is 47.8 Å². The summed E-state index contributed by atoms with van der Waals surface area (Å²) in [6.07, 6.45) is -1.73.